The van der Waals surface area contributed by atoms with Gasteiger partial charge >= 0.3 is 0 Å². The Hall–Kier alpha value is -4.89. The third-order valence-electron chi connectivity index (χ3n) is 6.72. The van der Waals surface area contributed by atoms with Crippen LogP contribution in [0.25, 0.3) is 43.8 Å². The number of nitrogens with zero attached hydrogens (tertiary/aromatic N) is 2. The lowest BCUT2D eigenvalue weighted by molar-refractivity contribution is 0.669. The summed E-state index contributed by atoms with van der Waals surface area (Å²) < 4.78 is 6.53. The summed E-state index contributed by atoms with van der Waals surface area (Å²) in [6.45, 7) is 0. The minimum Gasteiger partial charge on any atom is -0.454 e. The summed E-state index contributed by atoms with van der Waals surface area (Å²) >= 11 is 0. The maximum Gasteiger partial charge on any atom is 0.162 e. The quantitative estimate of drug-likeness (QED) is 0.261. The normalized spacial score (nSPS) is 11.3. The van der Waals surface area contributed by atoms with Crippen LogP contribution in [0, 0.1) is 0 Å². The van der Waals surface area contributed by atoms with Gasteiger partial charge < -0.3 is 9.32 Å². The van der Waals surface area contributed by atoms with E-state index in [1.165, 1.54) is 16.5 Å². The first-order valence-electron chi connectivity index (χ1n) is 12.0. The van der Waals surface area contributed by atoms with Crippen LogP contribution in [-0.2, 0) is 0 Å². The summed E-state index contributed by atoms with van der Waals surface area (Å²) in [5, 5.41) is 4.44. The van der Waals surface area contributed by atoms with Gasteiger partial charge in [-0.3, -0.25) is 4.98 Å². The van der Waals surface area contributed by atoms with Crippen LogP contribution in [0.15, 0.2) is 138 Å². The molecule has 3 heteroatoms. The lowest BCUT2D eigenvalue weighted by atomic mass is 10.0. The molecule has 0 bridgehead atoms. The van der Waals surface area contributed by atoms with Gasteiger partial charge in [0.15, 0.2) is 5.58 Å². The van der Waals surface area contributed by atoms with Crippen molar-refractivity contribution in [2.75, 3.05) is 4.90 Å². The zero-order valence-electron chi connectivity index (χ0n) is 19.5. The number of para-hydroxylation sites is 1. The van der Waals surface area contributed by atoms with E-state index in [1.54, 1.807) is 0 Å². The van der Waals surface area contributed by atoms with Crippen LogP contribution in [-0.4, -0.2) is 4.98 Å². The van der Waals surface area contributed by atoms with Gasteiger partial charge in [0.25, 0.3) is 0 Å². The number of hydrogen-bond donors (Lipinski definition) is 0. The largest absolute Gasteiger partial charge is 0.454 e. The van der Waals surface area contributed by atoms with Crippen molar-refractivity contribution >= 4 is 49.8 Å². The van der Waals surface area contributed by atoms with Crippen molar-refractivity contribution in [1.29, 1.82) is 0 Å². The molecule has 5 aromatic carbocycles. The molecule has 7 rings (SSSR count). The number of fused-ring (bicyclic) bond motifs is 4. The van der Waals surface area contributed by atoms with E-state index in [-0.39, 0.29) is 0 Å². The van der Waals surface area contributed by atoms with Gasteiger partial charge in [0.1, 0.15) is 11.3 Å². The first kappa shape index (κ1) is 20.5. The fraction of sp³-hybridized carbons (Fsp3) is 0. The van der Waals surface area contributed by atoms with Gasteiger partial charge in [-0.25, -0.2) is 0 Å². The van der Waals surface area contributed by atoms with Crippen molar-refractivity contribution in [2.45, 2.75) is 0 Å². The Morgan fingerprint density at radius 3 is 1.89 bits per heavy atom. The van der Waals surface area contributed by atoms with Crippen LogP contribution in [0.3, 0.4) is 0 Å². The molecule has 7 aromatic rings. The summed E-state index contributed by atoms with van der Waals surface area (Å²) in [5.74, 6) is 0. The molecule has 0 spiro atoms. The van der Waals surface area contributed by atoms with Gasteiger partial charge in [0.2, 0.25) is 0 Å². The van der Waals surface area contributed by atoms with Gasteiger partial charge in [0, 0.05) is 28.3 Å². The van der Waals surface area contributed by atoms with Gasteiger partial charge in [0.05, 0.1) is 6.20 Å². The number of rotatable bonds is 4. The predicted molar refractivity (Wildman–Crippen MR) is 149 cm³/mol. The Morgan fingerprint density at radius 2 is 1.14 bits per heavy atom. The highest BCUT2D eigenvalue weighted by atomic mass is 16.3. The molecule has 0 aliphatic rings. The number of benzene rings is 5. The topological polar surface area (TPSA) is 29.3 Å². The number of pyridine rings is 1. The number of anilines is 3. The number of hydrogen-bond acceptors (Lipinski definition) is 3. The lowest BCUT2D eigenvalue weighted by Gasteiger charge is -2.25. The Morgan fingerprint density at radius 1 is 0.528 bits per heavy atom. The van der Waals surface area contributed by atoms with Crippen molar-refractivity contribution in [3.8, 4) is 11.1 Å². The zero-order chi connectivity index (χ0) is 23.9. The van der Waals surface area contributed by atoms with Crippen LogP contribution < -0.4 is 4.90 Å². The molecule has 0 aliphatic heterocycles. The highest BCUT2D eigenvalue weighted by Gasteiger charge is 2.20. The van der Waals surface area contributed by atoms with Gasteiger partial charge in [-0.05, 0) is 58.3 Å². The second-order valence-corrected chi connectivity index (χ2v) is 8.92. The summed E-state index contributed by atoms with van der Waals surface area (Å²) in [6, 6.07) is 42.1. The predicted octanol–water partition coefficient (Wildman–Crippen LogP) is 9.27. The molecule has 0 amide bonds. The van der Waals surface area contributed by atoms with Crippen LogP contribution in [0.1, 0.15) is 0 Å². The van der Waals surface area contributed by atoms with Crippen LogP contribution in [0.5, 0.6) is 0 Å². The fourth-order valence-electron chi connectivity index (χ4n) is 4.96. The molecule has 2 heterocycles. The van der Waals surface area contributed by atoms with Gasteiger partial charge in [-0.15, -0.1) is 0 Å². The Balaban J connectivity index is 1.43. The molecule has 0 radical (unpaired) electrons. The Labute approximate surface area is 208 Å². The summed E-state index contributed by atoms with van der Waals surface area (Å²) in [7, 11) is 0. The molecule has 3 nitrogen and oxygen atoms in total. The second kappa shape index (κ2) is 8.40. The van der Waals surface area contributed by atoms with E-state index in [9.17, 15) is 0 Å². The standard InChI is InChI=1S/C33H22N2O/c1-3-9-23(10-4-1)24-15-17-28(18-16-24)35(27-13-5-2-6-14-27)31-22-34-21-30-29-19-25-11-7-8-12-26(25)20-32(29)36-33(30)31/h1-22H. The number of furan rings is 1. The molecule has 0 aliphatic carbocycles. The SMILES string of the molecule is c1ccc(-c2ccc(N(c3ccccc3)c3cncc4c3oc3cc5ccccc5cc34)cc2)cc1. The molecule has 0 atom stereocenters. The van der Waals surface area contributed by atoms with Crippen LogP contribution >= 0.6 is 0 Å². The first-order valence-corrected chi connectivity index (χ1v) is 12.0. The van der Waals surface area contributed by atoms with Crippen molar-refractivity contribution < 1.29 is 4.42 Å². The highest BCUT2D eigenvalue weighted by Crippen LogP contribution is 2.42. The van der Waals surface area contributed by atoms with E-state index in [0.717, 1.165) is 44.4 Å². The average Bonchev–Trinajstić information content (AvgIpc) is 3.31. The van der Waals surface area contributed by atoms with Crippen LogP contribution in [0.2, 0.25) is 0 Å². The summed E-state index contributed by atoms with van der Waals surface area (Å²) in [4.78, 5) is 6.87. The number of aromatic nitrogens is 1. The smallest absolute Gasteiger partial charge is 0.162 e. The average molecular weight is 463 g/mol. The second-order valence-electron chi connectivity index (χ2n) is 8.92. The molecule has 0 fully saturated rings. The summed E-state index contributed by atoms with van der Waals surface area (Å²) in [5.41, 5.74) is 7.07. The van der Waals surface area contributed by atoms with E-state index in [1.807, 2.05) is 24.5 Å². The van der Waals surface area contributed by atoms with E-state index in [2.05, 4.69) is 119 Å². The van der Waals surface area contributed by atoms with E-state index in [0.29, 0.717) is 0 Å². The zero-order valence-corrected chi connectivity index (χ0v) is 19.5. The first-order chi connectivity index (χ1) is 17.8. The van der Waals surface area contributed by atoms with Crippen LogP contribution in [0.4, 0.5) is 17.1 Å². The van der Waals surface area contributed by atoms with E-state index < -0.39 is 0 Å². The van der Waals surface area contributed by atoms with Crippen molar-refractivity contribution in [2.24, 2.45) is 0 Å². The molecule has 0 N–H and O–H groups in total. The third kappa shape index (κ3) is 3.41. The maximum atomic E-state index is 6.53. The Bertz CT molecular complexity index is 1820. The molecule has 0 unspecified atom stereocenters. The molecule has 0 saturated heterocycles. The molecule has 36 heavy (non-hydrogen) atoms. The van der Waals surface area contributed by atoms with E-state index in [4.69, 9.17) is 4.42 Å². The monoisotopic (exact) mass is 462 g/mol. The minimum atomic E-state index is 0.825. The van der Waals surface area contributed by atoms with Crippen molar-refractivity contribution in [3.05, 3.63) is 134 Å². The molecule has 170 valence electrons. The fourth-order valence-corrected chi connectivity index (χ4v) is 4.96. The highest BCUT2D eigenvalue weighted by molar-refractivity contribution is 6.13. The lowest BCUT2D eigenvalue weighted by Crippen LogP contribution is -2.10. The van der Waals surface area contributed by atoms with Crippen molar-refractivity contribution in [3.63, 3.8) is 0 Å². The summed E-state index contributed by atoms with van der Waals surface area (Å²) in [6.07, 6.45) is 3.80. The molecule has 0 saturated carbocycles. The Kier molecular flexibility index (Phi) is 4.78. The minimum absolute atomic E-state index is 0.825. The van der Waals surface area contributed by atoms with Gasteiger partial charge in [-0.1, -0.05) is 84.9 Å². The maximum absolute atomic E-state index is 6.53. The third-order valence-corrected chi connectivity index (χ3v) is 6.72. The molecular formula is C33H22N2O. The molecular weight excluding hydrogens is 440 g/mol. The molecule has 2 aromatic heterocycles. The van der Waals surface area contributed by atoms with Crippen molar-refractivity contribution in [1.82, 2.24) is 4.98 Å². The van der Waals surface area contributed by atoms with Gasteiger partial charge in [-0.2, -0.15) is 0 Å². The van der Waals surface area contributed by atoms with E-state index >= 15 is 0 Å².